The number of nitrogens with zero attached hydrogens (tertiary/aromatic N) is 1. The number of likely N-dealkylation sites (tertiary alicyclic amines) is 1. The van der Waals surface area contributed by atoms with Crippen LogP contribution in [-0.4, -0.2) is 41.5 Å². The first-order valence-electron chi connectivity index (χ1n) is 7.22. The van der Waals surface area contributed by atoms with E-state index in [0.29, 0.717) is 10.6 Å². The Labute approximate surface area is 131 Å². The second-order valence-electron chi connectivity index (χ2n) is 6.08. The predicted molar refractivity (Wildman–Crippen MR) is 89.6 cm³/mol. The number of piperidine rings is 1. The molecule has 1 aliphatic heterocycles. The molecule has 1 heterocycles. The SMILES string of the molecule is Cc1cc(C)cc(C(=O)NC2(C(N)=S)CCN(C)CC2)c1. The summed E-state index contributed by atoms with van der Waals surface area (Å²) < 4.78 is 0. The average molecular weight is 305 g/mol. The van der Waals surface area contributed by atoms with Gasteiger partial charge in [0.2, 0.25) is 0 Å². The Kier molecular flexibility index (Phi) is 4.64. The normalized spacial score (nSPS) is 18.2. The summed E-state index contributed by atoms with van der Waals surface area (Å²) in [5.41, 5.74) is 8.20. The summed E-state index contributed by atoms with van der Waals surface area (Å²) in [4.78, 5) is 15.2. The van der Waals surface area contributed by atoms with Gasteiger partial charge >= 0.3 is 0 Å². The number of carbonyl (C=O) groups is 1. The maximum atomic E-state index is 12.6. The van der Waals surface area contributed by atoms with E-state index >= 15 is 0 Å². The van der Waals surface area contributed by atoms with Crippen LogP contribution in [0.2, 0.25) is 0 Å². The fraction of sp³-hybridized carbons (Fsp3) is 0.500. The van der Waals surface area contributed by atoms with Gasteiger partial charge < -0.3 is 16.0 Å². The molecule has 1 saturated heterocycles. The van der Waals surface area contributed by atoms with E-state index < -0.39 is 5.54 Å². The van der Waals surface area contributed by atoms with Crippen LogP contribution in [0.4, 0.5) is 0 Å². The van der Waals surface area contributed by atoms with Gasteiger partial charge in [0.15, 0.2) is 0 Å². The minimum atomic E-state index is -0.559. The third-order valence-electron chi connectivity index (χ3n) is 4.15. The molecule has 1 aromatic rings. The number of nitrogens with one attached hydrogen (secondary N) is 1. The molecular formula is C16H23N3OS. The van der Waals surface area contributed by atoms with E-state index in [1.54, 1.807) is 0 Å². The second kappa shape index (κ2) is 6.12. The lowest BCUT2D eigenvalue weighted by Gasteiger charge is -2.40. The summed E-state index contributed by atoms with van der Waals surface area (Å²) in [7, 11) is 2.06. The molecule has 4 nitrogen and oxygen atoms in total. The third-order valence-corrected chi connectivity index (χ3v) is 4.54. The van der Waals surface area contributed by atoms with Crippen LogP contribution in [0.1, 0.15) is 34.3 Å². The van der Waals surface area contributed by atoms with Crippen molar-refractivity contribution in [1.82, 2.24) is 10.2 Å². The smallest absolute Gasteiger partial charge is 0.252 e. The van der Waals surface area contributed by atoms with E-state index in [4.69, 9.17) is 18.0 Å². The lowest BCUT2D eigenvalue weighted by molar-refractivity contribution is 0.0890. The molecule has 0 radical (unpaired) electrons. The van der Waals surface area contributed by atoms with Crippen molar-refractivity contribution in [3.63, 3.8) is 0 Å². The van der Waals surface area contributed by atoms with Crippen molar-refractivity contribution in [2.24, 2.45) is 5.73 Å². The monoisotopic (exact) mass is 305 g/mol. The first-order valence-corrected chi connectivity index (χ1v) is 7.62. The first kappa shape index (κ1) is 15.9. The van der Waals surface area contributed by atoms with Gasteiger partial charge in [0.1, 0.15) is 0 Å². The van der Waals surface area contributed by atoms with Gasteiger partial charge in [-0.1, -0.05) is 29.4 Å². The minimum absolute atomic E-state index is 0.0980. The molecule has 3 N–H and O–H groups in total. The van der Waals surface area contributed by atoms with Crippen molar-refractivity contribution >= 4 is 23.1 Å². The van der Waals surface area contributed by atoms with Crippen molar-refractivity contribution in [2.75, 3.05) is 20.1 Å². The fourth-order valence-electron chi connectivity index (χ4n) is 2.83. The van der Waals surface area contributed by atoms with Crippen LogP contribution in [0.5, 0.6) is 0 Å². The van der Waals surface area contributed by atoms with Crippen molar-refractivity contribution in [3.05, 3.63) is 34.9 Å². The lowest BCUT2D eigenvalue weighted by Crippen LogP contribution is -2.61. The van der Waals surface area contributed by atoms with E-state index in [9.17, 15) is 4.79 Å². The van der Waals surface area contributed by atoms with E-state index in [2.05, 4.69) is 23.3 Å². The molecule has 1 aromatic carbocycles. The van der Waals surface area contributed by atoms with Gasteiger partial charge in [0.05, 0.1) is 10.5 Å². The Hall–Kier alpha value is -1.46. The van der Waals surface area contributed by atoms with Gasteiger partial charge in [-0.3, -0.25) is 4.79 Å². The Balaban J connectivity index is 2.21. The van der Waals surface area contributed by atoms with Crippen molar-refractivity contribution in [1.29, 1.82) is 0 Å². The number of carbonyl (C=O) groups excluding carboxylic acids is 1. The largest absolute Gasteiger partial charge is 0.391 e. The highest BCUT2D eigenvalue weighted by Crippen LogP contribution is 2.23. The van der Waals surface area contributed by atoms with Crippen LogP contribution in [0.15, 0.2) is 18.2 Å². The van der Waals surface area contributed by atoms with Crippen molar-refractivity contribution < 1.29 is 4.79 Å². The lowest BCUT2D eigenvalue weighted by atomic mass is 9.87. The topological polar surface area (TPSA) is 58.4 Å². The number of rotatable bonds is 3. The second-order valence-corrected chi connectivity index (χ2v) is 6.52. The minimum Gasteiger partial charge on any atom is -0.391 e. The molecule has 0 aliphatic carbocycles. The molecule has 0 aromatic heterocycles. The molecular weight excluding hydrogens is 282 g/mol. The molecule has 1 amide bonds. The third kappa shape index (κ3) is 3.60. The maximum absolute atomic E-state index is 12.6. The number of nitrogens with two attached hydrogens (primary N) is 1. The molecule has 114 valence electrons. The van der Waals surface area contributed by atoms with Crippen LogP contribution in [0.25, 0.3) is 0 Å². The Morgan fingerprint density at radius 3 is 2.24 bits per heavy atom. The summed E-state index contributed by atoms with van der Waals surface area (Å²) in [5, 5.41) is 3.09. The summed E-state index contributed by atoms with van der Waals surface area (Å²) >= 11 is 5.23. The van der Waals surface area contributed by atoms with Gasteiger partial charge in [-0.15, -0.1) is 0 Å². The molecule has 2 rings (SSSR count). The number of hydrogen-bond donors (Lipinski definition) is 2. The first-order chi connectivity index (χ1) is 9.82. The molecule has 0 atom stereocenters. The van der Waals surface area contributed by atoms with Crippen molar-refractivity contribution in [2.45, 2.75) is 32.2 Å². The summed E-state index contributed by atoms with van der Waals surface area (Å²) in [6.07, 6.45) is 1.52. The van der Waals surface area contributed by atoms with Crippen LogP contribution < -0.4 is 11.1 Å². The highest BCUT2D eigenvalue weighted by atomic mass is 32.1. The standard InChI is InChI=1S/C16H23N3OS/c1-11-8-12(2)10-13(9-11)14(20)18-16(15(17)21)4-6-19(3)7-5-16/h8-10H,4-7H2,1-3H3,(H2,17,21)(H,18,20). The quantitative estimate of drug-likeness (QED) is 0.836. The van der Waals surface area contributed by atoms with Gasteiger partial charge in [-0.05, 0) is 45.9 Å². The van der Waals surface area contributed by atoms with E-state index in [-0.39, 0.29) is 5.91 Å². The number of benzene rings is 1. The highest BCUT2D eigenvalue weighted by Gasteiger charge is 2.38. The number of thiocarbonyl (C=S) groups is 1. The zero-order chi connectivity index (χ0) is 15.6. The van der Waals surface area contributed by atoms with Gasteiger partial charge in [0, 0.05) is 18.7 Å². The molecule has 0 spiro atoms. The van der Waals surface area contributed by atoms with E-state index in [1.165, 1.54) is 0 Å². The van der Waals surface area contributed by atoms with Crippen LogP contribution in [0.3, 0.4) is 0 Å². The zero-order valence-corrected chi connectivity index (χ0v) is 13.7. The van der Waals surface area contributed by atoms with Gasteiger partial charge in [0.25, 0.3) is 5.91 Å². The summed E-state index contributed by atoms with van der Waals surface area (Å²) in [5.74, 6) is -0.0980. The molecule has 1 fully saturated rings. The average Bonchev–Trinajstić information content (AvgIpc) is 2.40. The Morgan fingerprint density at radius 2 is 1.76 bits per heavy atom. The van der Waals surface area contributed by atoms with Gasteiger partial charge in [-0.25, -0.2) is 0 Å². The Bertz CT molecular complexity index is 542. The molecule has 0 unspecified atom stereocenters. The molecule has 5 heteroatoms. The number of amides is 1. The van der Waals surface area contributed by atoms with E-state index in [0.717, 1.165) is 37.1 Å². The summed E-state index contributed by atoms with van der Waals surface area (Å²) in [6.45, 7) is 5.74. The number of hydrogen-bond acceptors (Lipinski definition) is 3. The molecule has 1 aliphatic rings. The molecule has 0 saturated carbocycles. The maximum Gasteiger partial charge on any atom is 0.252 e. The van der Waals surface area contributed by atoms with E-state index in [1.807, 2.05) is 26.0 Å². The van der Waals surface area contributed by atoms with Crippen LogP contribution >= 0.6 is 12.2 Å². The van der Waals surface area contributed by atoms with Crippen LogP contribution in [-0.2, 0) is 0 Å². The summed E-state index contributed by atoms with van der Waals surface area (Å²) in [6, 6.07) is 5.84. The highest BCUT2D eigenvalue weighted by molar-refractivity contribution is 7.80. The zero-order valence-electron chi connectivity index (χ0n) is 12.9. The van der Waals surface area contributed by atoms with Crippen LogP contribution in [0, 0.1) is 13.8 Å². The molecule has 0 bridgehead atoms. The fourth-order valence-corrected chi connectivity index (χ4v) is 3.08. The van der Waals surface area contributed by atoms with Crippen molar-refractivity contribution in [3.8, 4) is 0 Å². The van der Waals surface area contributed by atoms with Gasteiger partial charge in [-0.2, -0.15) is 0 Å². The predicted octanol–water partition coefficient (Wildman–Crippen LogP) is 1.78. The number of aryl methyl sites for hydroxylation is 2. The Morgan fingerprint density at radius 1 is 1.24 bits per heavy atom. The molecule has 21 heavy (non-hydrogen) atoms.